The highest BCUT2D eigenvalue weighted by Crippen LogP contribution is 2.29. The first-order valence-electron chi connectivity index (χ1n) is 7.94. The van der Waals surface area contributed by atoms with Crippen molar-refractivity contribution in [3.05, 3.63) is 64.7 Å². The maximum atomic E-state index is 12.8. The van der Waals surface area contributed by atoms with Gasteiger partial charge in [0.1, 0.15) is 0 Å². The van der Waals surface area contributed by atoms with Crippen LogP contribution >= 0.6 is 11.6 Å². The number of carbonyl (C=O) groups excluding carboxylic acids is 2. The summed E-state index contributed by atoms with van der Waals surface area (Å²) in [6, 6.07) is 13.7. The van der Waals surface area contributed by atoms with Gasteiger partial charge in [-0.15, -0.1) is 0 Å². The average Bonchev–Trinajstić information content (AvgIpc) is 2.89. The van der Waals surface area contributed by atoms with Gasteiger partial charge in [-0.05, 0) is 23.8 Å². The molecule has 0 atom stereocenters. The number of anilines is 1. The molecule has 1 heterocycles. The maximum absolute atomic E-state index is 12.8. The summed E-state index contributed by atoms with van der Waals surface area (Å²) in [6.07, 6.45) is -0.0673. The van der Waals surface area contributed by atoms with E-state index in [1.807, 2.05) is 30.3 Å². The van der Waals surface area contributed by atoms with Gasteiger partial charge in [-0.25, -0.2) is 12.7 Å². The van der Waals surface area contributed by atoms with E-state index in [-0.39, 0.29) is 34.4 Å². The molecule has 0 aliphatic carbocycles. The molecular weight excluding hydrogens is 376 g/mol. The van der Waals surface area contributed by atoms with Crippen molar-refractivity contribution < 1.29 is 18.0 Å². The zero-order valence-corrected chi connectivity index (χ0v) is 15.6. The topological polar surface area (TPSA) is 74.8 Å². The lowest BCUT2D eigenvalue weighted by molar-refractivity contribution is -0.116. The zero-order valence-electron chi connectivity index (χ0n) is 14.1. The Bertz CT molecular complexity index is 960. The third-order valence-electron chi connectivity index (χ3n) is 4.10. The van der Waals surface area contributed by atoms with Crippen LogP contribution in [0.25, 0.3) is 0 Å². The van der Waals surface area contributed by atoms with Gasteiger partial charge >= 0.3 is 0 Å². The van der Waals surface area contributed by atoms with Crippen molar-refractivity contribution in [2.24, 2.45) is 0 Å². The minimum atomic E-state index is -3.70. The van der Waals surface area contributed by atoms with Gasteiger partial charge < -0.3 is 4.90 Å². The van der Waals surface area contributed by atoms with Gasteiger partial charge in [0.2, 0.25) is 15.9 Å². The van der Waals surface area contributed by atoms with Crippen LogP contribution in [0.1, 0.15) is 22.3 Å². The Balaban J connectivity index is 1.90. The molecule has 6 nitrogen and oxygen atoms in total. The molecule has 0 saturated carbocycles. The van der Waals surface area contributed by atoms with E-state index in [4.69, 9.17) is 11.6 Å². The lowest BCUT2D eigenvalue weighted by Gasteiger charge is -2.20. The predicted octanol–water partition coefficient (Wildman–Crippen LogP) is 2.68. The van der Waals surface area contributed by atoms with E-state index in [0.717, 1.165) is 9.87 Å². The number of hydrogen-bond acceptors (Lipinski definition) is 4. The average molecular weight is 393 g/mol. The highest BCUT2D eigenvalue weighted by Gasteiger charge is 2.36. The second-order valence-electron chi connectivity index (χ2n) is 6.04. The number of benzene rings is 2. The van der Waals surface area contributed by atoms with Crippen molar-refractivity contribution in [2.75, 3.05) is 17.1 Å². The molecule has 0 unspecified atom stereocenters. The lowest BCUT2D eigenvalue weighted by atomic mass is 10.1. The molecule has 0 radical (unpaired) electrons. The number of carbonyl (C=O) groups is 2. The molecule has 1 aliphatic rings. The number of sulfonamides is 1. The van der Waals surface area contributed by atoms with Gasteiger partial charge in [0.25, 0.3) is 5.91 Å². The second-order valence-corrected chi connectivity index (χ2v) is 8.38. The molecule has 1 fully saturated rings. The Kier molecular flexibility index (Phi) is 5.02. The Morgan fingerprint density at radius 3 is 2.50 bits per heavy atom. The van der Waals surface area contributed by atoms with Crippen LogP contribution in [0.5, 0.6) is 0 Å². The summed E-state index contributed by atoms with van der Waals surface area (Å²) in [4.78, 5) is 26.2. The highest BCUT2D eigenvalue weighted by molar-refractivity contribution is 7.94. The fourth-order valence-electron chi connectivity index (χ4n) is 2.81. The Morgan fingerprint density at radius 1 is 1.19 bits per heavy atom. The van der Waals surface area contributed by atoms with Gasteiger partial charge in [-0.1, -0.05) is 41.9 Å². The summed E-state index contributed by atoms with van der Waals surface area (Å²) in [5.41, 5.74) is 1.23. The van der Waals surface area contributed by atoms with E-state index in [2.05, 4.69) is 0 Å². The zero-order chi connectivity index (χ0) is 18.9. The Morgan fingerprint density at radius 2 is 1.88 bits per heavy atom. The van der Waals surface area contributed by atoms with Gasteiger partial charge in [-0.2, -0.15) is 0 Å². The number of halogens is 1. The largest absolute Gasteiger partial charge is 0.337 e. The SMILES string of the molecule is CN(Cc1ccccc1)C(=O)c1cc(N2C(=O)CCS2(=O)=O)ccc1Cl. The van der Waals surface area contributed by atoms with Crippen molar-refractivity contribution in [3.63, 3.8) is 0 Å². The third kappa shape index (κ3) is 3.59. The van der Waals surface area contributed by atoms with E-state index in [9.17, 15) is 18.0 Å². The molecule has 0 N–H and O–H groups in total. The molecule has 1 aliphatic heterocycles. The first-order chi connectivity index (χ1) is 12.3. The lowest BCUT2D eigenvalue weighted by Crippen LogP contribution is -2.30. The van der Waals surface area contributed by atoms with E-state index in [1.54, 1.807) is 7.05 Å². The molecule has 26 heavy (non-hydrogen) atoms. The Labute approximate surface area is 157 Å². The molecule has 0 spiro atoms. The van der Waals surface area contributed by atoms with Gasteiger partial charge in [0.15, 0.2) is 0 Å². The van der Waals surface area contributed by atoms with Gasteiger partial charge in [0, 0.05) is 20.0 Å². The molecule has 136 valence electrons. The summed E-state index contributed by atoms with van der Waals surface area (Å²) in [7, 11) is -2.06. The maximum Gasteiger partial charge on any atom is 0.255 e. The van der Waals surface area contributed by atoms with Crippen LogP contribution in [0.15, 0.2) is 48.5 Å². The normalized spacial score (nSPS) is 15.9. The molecule has 2 aromatic rings. The van der Waals surface area contributed by atoms with Crippen molar-refractivity contribution in [2.45, 2.75) is 13.0 Å². The molecule has 2 amide bonds. The monoisotopic (exact) mass is 392 g/mol. The standard InChI is InChI=1S/C18H17ClN2O4S/c1-20(12-13-5-3-2-4-6-13)18(23)15-11-14(7-8-16(15)19)21-17(22)9-10-26(21,24)25/h2-8,11H,9-10,12H2,1H3. The van der Waals surface area contributed by atoms with E-state index < -0.39 is 15.9 Å². The van der Waals surface area contributed by atoms with Crippen LogP contribution in [0.2, 0.25) is 5.02 Å². The first kappa shape index (κ1) is 18.4. The summed E-state index contributed by atoms with van der Waals surface area (Å²) in [6.45, 7) is 0.376. The summed E-state index contributed by atoms with van der Waals surface area (Å²) in [5, 5.41) is 0.197. The summed E-state index contributed by atoms with van der Waals surface area (Å²) < 4.78 is 24.9. The molecular formula is C18H17ClN2O4S. The van der Waals surface area contributed by atoms with Crippen LogP contribution in [-0.4, -0.2) is 37.9 Å². The van der Waals surface area contributed by atoms with Crippen molar-refractivity contribution in [1.82, 2.24) is 4.90 Å². The van der Waals surface area contributed by atoms with E-state index in [0.29, 0.717) is 6.54 Å². The van der Waals surface area contributed by atoms with Crippen molar-refractivity contribution in [3.8, 4) is 0 Å². The first-order valence-corrected chi connectivity index (χ1v) is 9.93. The number of hydrogen-bond donors (Lipinski definition) is 0. The van der Waals surface area contributed by atoms with Crippen molar-refractivity contribution >= 4 is 39.1 Å². The minimum Gasteiger partial charge on any atom is -0.337 e. The van der Waals surface area contributed by atoms with Gasteiger partial charge in [0.05, 0.1) is 22.0 Å². The fourth-order valence-corrected chi connectivity index (χ4v) is 4.46. The van der Waals surface area contributed by atoms with Gasteiger partial charge in [-0.3, -0.25) is 9.59 Å². The smallest absolute Gasteiger partial charge is 0.255 e. The van der Waals surface area contributed by atoms with Crippen LogP contribution in [0.3, 0.4) is 0 Å². The van der Waals surface area contributed by atoms with Crippen molar-refractivity contribution in [1.29, 1.82) is 0 Å². The molecule has 3 rings (SSSR count). The second kappa shape index (κ2) is 7.09. The van der Waals surface area contributed by atoms with Crippen LogP contribution < -0.4 is 4.31 Å². The number of amides is 2. The van der Waals surface area contributed by atoms with E-state index in [1.165, 1.54) is 23.1 Å². The van der Waals surface area contributed by atoms with Crippen LogP contribution in [0.4, 0.5) is 5.69 Å². The molecule has 8 heteroatoms. The van der Waals surface area contributed by atoms with Crippen LogP contribution in [-0.2, 0) is 21.4 Å². The van der Waals surface area contributed by atoms with Crippen LogP contribution in [0, 0.1) is 0 Å². The predicted molar refractivity (Wildman–Crippen MR) is 99.6 cm³/mol. The minimum absolute atomic E-state index is 0.0673. The fraction of sp³-hybridized carbons (Fsp3) is 0.222. The molecule has 0 bridgehead atoms. The summed E-state index contributed by atoms with van der Waals surface area (Å²) in [5.74, 6) is -1.10. The Hall–Kier alpha value is -2.38. The molecule has 2 aromatic carbocycles. The molecule has 0 aromatic heterocycles. The molecule has 1 saturated heterocycles. The third-order valence-corrected chi connectivity index (χ3v) is 6.12. The highest BCUT2D eigenvalue weighted by atomic mass is 35.5. The van der Waals surface area contributed by atoms with E-state index >= 15 is 0 Å². The number of rotatable bonds is 4. The number of nitrogens with zero attached hydrogens (tertiary/aromatic N) is 2. The summed E-state index contributed by atoms with van der Waals surface area (Å²) >= 11 is 6.15. The quantitative estimate of drug-likeness (QED) is 0.801.